The molecule has 1 aliphatic heterocycles. The van der Waals surface area contributed by atoms with Crippen LogP contribution < -0.4 is 10.2 Å². The molecular formula is C20H24N6. The number of aryl methyl sites for hydroxylation is 1. The molecule has 1 N–H and O–H groups in total. The molecule has 0 aliphatic carbocycles. The number of rotatable bonds is 6. The predicted molar refractivity (Wildman–Crippen MR) is 103 cm³/mol. The van der Waals surface area contributed by atoms with E-state index in [2.05, 4.69) is 43.6 Å². The van der Waals surface area contributed by atoms with Crippen molar-refractivity contribution in [3.8, 4) is 11.3 Å². The fourth-order valence-corrected chi connectivity index (χ4v) is 3.42. The lowest BCUT2D eigenvalue weighted by Gasteiger charge is -2.16. The minimum atomic E-state index is 0.763. The highest BCUT2D eigenvalue weighted by Crippen LogP contribution is 2.21. The van der Waals surface area contributed by atoms with Crippen LogP contribution in [0, 0.1) is 0 Å². The van der Waals surface area contributed by atoms with Crippen LogP contribution in [0.2, 0.25) is 0 Å². The molecule has 0 saturated carbocycles. The maximum atomic E-state index is 4.62. The normalized spacial score (nSPS) is 14.1. The van der Waals surface area contributed by atoms with Gasteiger partial charge in [0, 0.05) is 69.1 Å². The maximum absolute atomic E-state index is 4.62. The number of hydrogen-bond acceptors (Lipinski definition) is 5. The van der Waals surface area contributed by atoms with Gasteiger partial charge in [-0.2, -0.15) is 5.10 Å². The van der Waals surface area contributed by atoms with Gasteiger partial charge in [-0.25, -0.2) is 4.98 Å². The second-order valence-electron chi connectivity index (χ2n) is 6.73. The lowest BCUT2D eigenvalue weighted by atomic mass is 10.1. The van der Waals surface area contributed by atoms with Gasteiger partial charge in [0.15, 0.2) is 0 Å². The van der Waals surface area contributed by atoms with Crippen molar-refractivity contribution in [3.05, 3.63) is 60.2 Å². The van der Waals surface area contributed by atoms with E-state index in [0.717, 1.165) is 43.3 Å². The summed E-state index contributed by atoms with van der Waals surface area (Å²) in [6.07, 6.45) is 10.2. The number of nitrogens with zero attached hydrogens (tertiary/aromatic N) is 5. The van der Waals surface area contributed by atoms with Crippen LogP contribution in [0.25, 0.3) is 11.3 Å². The second kappa shape index (κ2) is 7.66. The first-order chi connectivity index (χ1) is 12.8. The quantitative estimate of drug-likeness (QED) is 0.742. The molecule has 3 aromatic rings. The fourth-order valence-electron chi connectivity index (χ4n) is 3.42. The lowest BCUT2D eigenvalue weighted by Crippen LogP contribution is -2.19. The summed E-state index contributed by atoms with van der Waals surface area (Å²) in [5, 5.41) is 8.10. The van der Waals surface area contributed by atoms with Gasteiger partial charge in [-0.05, 0) is 36.6 Å². The van der Waals surface area contributed by atoms with Crippen molar-refractivity contribution < 1.29 is 0 Å². The third-order valence-corrected chi connectivity index (χ3v) is 4.74. The Hall–Kier alpha value is -2.73. The van der Waals surface area contributed by atoms with Gasteiger partial charge in [0.25, 0.3) is 0 Å². The molecule has 0 radical (unpaired) electrons. The van der Waals surface area contributed by atoms with Gasteiger partial charge in [0.1, 0.15) is 5.82 Å². The summed E-state index contributed by atoms with van der Waals surface area (Å²) in [7, 11) is 1.95. The van der Waals surface area contributed by atoms with E-state index in [0.29, 0.717) is 0 Å². The molecule has 0 spiro atoms. The highest BCUT2D eigenvalue weighted by molar-refractivity contribution is 5.61. The summed E-state index contributed by atoms with van der Waals surface area (Å²) >= 11 is 0. The van der Waals surface area contributed by atoms with E-state index >= 15 is 0 Å². The Labute approximate surface area is 153 Å². The SMILES string of the molecule is Cn1cc(CNCc2ccc(N3CCCC3)nc2)c(-c2ccncc2)n1. The van der Waals surface area contributed by atoms with E-state index in [9.17, 15) is 0 Å². The zero-order valence-electron chi connectivity index (χ0n) is 15.1. The lowest BCUT2D eigenvalue weighted by molar-refractivity contribution is 0.690. The molecule has 134 valence electrons. The van der Waals surface area contributed by atoms with Crippen LogP contribution in [-0.4, -0.2) is 32.8 Å². The predicted octanol–water partition coefficient (Wildman–Crippen LogP) is 2.77. The number of aromatic nitrogens is 4. The van der Waals surface area contributed by atoms with E-state index in [1.807, 2.05) is 30.1 Å². The second-order valence-corrected chi connectivity index (χ2v) is 6.73. The van der Waals surface area contributed by atoms with Crippen molar-refractivity contribution in [2.45, 2.75) is 25.9 Å². The van der Waals surface area contributed by atoms with E-state index in [4.69, 9.17) is 0 Å². The first kappa shape index (κ1) is 16.7. The third kappa shape index (κ3) is 3.75. The van der Waals surface area contributed by atoms with Gasteiger partial charge in [0.05, 0.1) is 5.69 Å². The van der Waals surface area contributed by atoms with Gasteiger partial charge >= 0.3 is 0 Å². The molecule has 0 atom stereocenters. The number of nitrogens with one attached hydrogen (secondary N) is 1. The molecule has 3 aromatic heterocycles. The van der Waals surface area contributed by atoms with E-state index in [-0.39, 0.29) is 0 Å². The Kier molecular flexibility index (Phi) is 4.93. The molecule has 6 heteroatoms. The van der Waals surface area contributed by atoms with Crippen molar-refractivity contribution in [2.24, 2.45) is 7.05 Å². The van der Waals surface area contributed by atoms with Gasteiger partial charge in [-0.15, -0.1) is 0 Å². The molecule has 0 bridgehead atoms. The Morgan fingerprint density at radius 1 is 1.04 bits per heavy atom. The smallest absolute Gasteiger partial charge is 0.128 e. The van der Waals surface area contributed by atoms with Crippen LogP contribution in [0.15, 0.2) is 49.1 Å². The summed E-state index contributed by atoms with van der Waals surface area (Å²) < 4.78 is 1.86. The van der Waals surface area contributed by atoms with E-state index in [1.54, 1.807) is 12.4 Å². The van der Waals surface area contributed by atoms with Gasteiger partial charge in [-0.3, -0.25) is 9.67 Å². The van der Waals surface area contributed by atoms with Crippen molar-refractivity contribution in [1.29, 1.82) is 0 Å². The first-order valence-electron chi connectivity index (χ1n) is 9.13. The van der Waals surface area contributed by atoms with Gasteiger partial charge in [0.2, 0.25) is 0 Å². The third-order valence-electron chi connectivity index (χ3n) is 4.74. The molecule has 0 aromatic carbocycles. The van der Waals surface area contributed by atoms with Crippen LogP contribution in [0.5, 0.6) is 0 Å². The van der Waals surface area contributed by atoms with E-state index < -0.39 is 0 Å². The highest BCUT2D eigenvalue weighted by atomic mass is 15.3. The molecule has 0 amide bonds. The fraction of sp³-hybridized carbons (Fsp3) is 0.350. The zero-order chi connectivity index (χ0) is 17.8. The Balaban J connectivity index is 1.38. The summed E-state index contributed by atoms with van der Waals surface area (Å²) in [6.45, 7) is 3.81. The van der Waals surface area contributed by atoms with E-state index in [1.165, 1.54) is 24.0 Å². The zero-order valence-corrected chi connectivity index (χ0v) is 15.1. The van der Waals surface area contributed by atoms with Crippen molar-refractivity contribution in [2.75, 3.05) is 18.0 Å². The van der Waals surface area contributed by atoms with Crippen LogP contribution in [-0.2, 0) is 20.1 Å². The highest BCUT2D eigenvalue weighted by Gasteiger charge is 2.13. The Morgan fingerprint density at radius 3 is 2.58 bits per heavy atom. The molecule has 6 nitrogen and oxygen atoms in total. The number of hydrogen-bond donors (Lipinski definition) is 1. The molecule has 4 heterocycles. The Morgan fingerprint density at radius 2 is 1.85 bits per heavy atom. The van der Waals surface area contributed by atoms with Crippen LogP contribution in [0.4, 0.5) is 5.82 Å². The van der Waals surface area contributed by atoms with Crippen molar-refractivity contribution in [1.82, 2.24) is 25.1 Å². The van der Waals surface area contributed by atoms with Crippen molar-refractivity contribution in [3.63, 3.8) is 0 Å². The Bertz CT molecular complexity index is 834. The van der Waals surface area contributed by atoms with Crippen LogP contribution in [0.1, 0.15) is 24.0 Å². The largest absolute Gasteiger partial charge is 0.357 e. The molecule has 4 rings (SSSR count). The molecule has 0 unspecified atom stereocenters. The standard InChI is InChI=1S/C20H24N6/c1-25-15-18(20(24-25)17-6-8-21-9-7-17)14-22-12-16-4-5-19(23-13-16)26-10-2-3-11-26/h4-9,13,15,22H,2-3,10-12,14H2,1H3. The van der Waals surface area contributed by atoms with Crippen LogP contribution in [0.3, 0.4) is 0 Å². The number of pyridine rings is 2. The first-order valence-corrected chi connectivity index (χ1v) is 9.13. The summed E-state index contributed by atoms with van der Waals surface area (Å²) in [5.74, 6) is 1.10. The van der Waals surface area contributed by atoms with Gasteiger partial charge in [-0.1, -0.05) is 6.07 Å². The molecule has 26 heavy (non-hydrogen) atoms. The minimum absolute atomic E-state index is 0.763. The molecule has 1 fully saturated rings. The topological polar surface area (TPSA) is 58.9 Å². The average Bonchev–Trinajstić information content (AvgIpc) is 3.33. The summed E-state index contributed by atoms with van der Waals surface area (Å²) in [5.41, 5.74) is 4.47. The maximum Gasteiger partial charge on any atom is 0.128 e. The monoisotopic (exact) mass is 348 g/mol. The average molecular weight is 348 g/mol. The molecular weight excluding hydrogens is 324 g/mol. The molecule has 1 saturated heterocycles. The minimum Gasteiger partial charge on any atom is -0.357 e. The van der Waals surface area contributed by atoms with Crippen LogP contribution >= 0.6 is 0 Å². The van der Waals surface area contributed by atoms with Crippen molar-refractivity contribution >= 4 is 5.82 Å². The summed E-state index contributed by atoms with van der Waals surface area (Å²) in [4.78, 5) is 11.1. The molecule has 1 aliphatic rings. The number of anilines is 1. The summed E-state index contributed by atoms with van der Waals surface area (Å²) in [6, 6.07) is 8.29. The van der Waals surface area contributed by atoms with Gasteiger partial charge < -0.3 is 10.2 Å².